The molecule has 0 amide bonds. The standard InChI is InChI=1S/C11H17N3O2S/c1-5-7-10(6-2)13-17(15,16)11-8-14(4)9(3)12-11/h2,8,10,13H,5,7H2,1,3-4H3. The second-order valence-electron chi connectivity index (χ2n) is 3.87. The first-order chi connectivity index (χ1) is 7.90. The molecule has 94 valence electrons. The van der Waals surface area contributed by atoms with Crippen LogP contribution in [-0.4, -0.2) is 24.0 Å². The van der Waals surface area contributed by atoms with Crippen LogP contribution in [0.25, 0.3) is 0 Å². The van der Waals surface area contributed by atoms with Gasteiger partial charge in [0.15, 0.2) is 5.03 Å². The number of nitrogens with one attached hydrogen (secondary N) is 1. The highest BCUT2D eigenvalue weighted by Gasteiger charge is 2.21. The highest BCUT2D eigenvalue weighted by Crippen LogP contribution is 2.09. The first-order valence-electron chi connectivity index (χ1n) is 5.39. The highest BCUT2D eigenvalue weighted by atomic mass is 32.2. The van der Waals surface area contributed by atoms with Crippen molar-refractivity contribution in [3.8, 4) is 12.3 Å². The second kappa shape index (κ2) is 5.34. The Bertz CT molecular complexity index is 506. The number of aryl methyl sites for hydroxylation is 2. The van der Waals surface area contributed by atoms with Gasteiger partial charge < -0.3 is 4.57 Å². The Morgan fingerprint density at radius 3 is 2.71 bits per heavy atom. The number of hydrogen-bond acceptors (Lipinski definition) is 3. The normalized spacial score (nSPS) is 13.3. The Morgan fingerprint density at radius 2 is 2.29 bits per heavy atom. The van der Waals surface area contributed by atoms with Gasteiger partial charge in [-0.25, -0.2) is 13.4 Å². The van der Waals surface area contributed by atoms with Gasteiger partial charge >= 0.3 is 0 Å². The lowest BCUT2D eigenvalue weighted by Gasteiger charge is -2.10. The predicted molar refractivity (Wildman–Crippen MR) is 65.8 cm³/mol. The molecule has 6 heteroatoms. The maximum absolute atomic E-state index is 12.0. The summed E-state index contributed by atoms with van der Waals surface area (Å²) in [5, 5.41) is 0.00820. The first kappa shape index (κ1) is 13.7. The Morgan fingerprint density at radius 1 is 1.65 bits per heavy atom. The molecule has 0 bridgehead atoms. The SMILES string of the molecule is C#CC(CCC)NS(=O)(=O)c1cn(C)c(C)n1. The van der Waals surface area contributed by atoms with E-state index in [1.165, 1.54) is 6.20 Å². The van der Waals surface area contributed by atoms with E-state index in [-0.39, 0.29) is 5.03 Å². The molecule has 1 atom stereocenters. The van der Waals surface area contributed by atoms with Gasteiger partial charge in [-0.1, -0.05) is 19.3 Å². The van der Waals surface area contributed by atoms with E-state index in [0.29, 0.717) is 12.2 Å². The molecule has 0 spiro atoms. The van der Waals surface area contributed by atoms with Crippen molar-refractivity contribution >= 4 is 10.0 Å². The number of aromatic nitrogens is 2. The minimum absolute atomic E-state index is 0.00820. The number of sulfonamides is 1. The van der Waals surface area contributed by atoms with E-state index in [9.17, 15) is 8.42 Å². The van der Waals surface area contributed by atoms with Crippen LogP contribution < -0.4 is 4.72 Å². The van der Waals surface area contributed by atoms with E-state index in [0.717, 1.165) is 6.42 Å². The number of hydrogen-bond donors (Lipinski definition) is 1. The van der Waals surface area contributed by atoms with Gasteiger partial charge in [-0.15, -0.1) is 6.42 Å². The van der Waals surface area contributed by atoms with Crippen molar-refractivity contribution < 1.29 is 8.42 Å². The van der Waals surface area contributed by atoms with Crippen molar-refractivity contribution in [2.75, 3.05) is 0 Å². The average Bonchev–Trinajstić information content (AvgIpc) is 2.59. The summed E-state index contributed by atoms with van der Waals surface area (Å²) in [4.78, 5) is 3.97. The van der Waals surface area contributed by atoms with Crippen molar-refractivity contribution in [2.24, 2.45) is 7.05 Å². The minimum Gasteiger partial charge on any atom is -0.337 e. The van der Waals surface area contributed by atoms with Crippen molar-refractivity contribution in [3.05, 3.63) is 12.0 Å². The zero-order valence-electron chi connectivity index (χ0n) is 10.3. The molecule has 0 aliphatic carbocycles. The van der Waals surface area contributed by atoms with Crippen LogP contribution in [0.2, 0.25) is 0 Å². The molecular weight excluding hydrogens is 238 g/mol. The quantitative estimate of drug-likeness (QED) is 0.792. The van der Waals surface area contributed by atoms with Gasteiger partial charge in [-0.2, -0.15) is 4.72 Å². The van der Waals surface area contributed by atoms with Crippen LogP contribution in [0, 0.1) is 19.3 Å². The lowest BCUT2D eigenvalue weighted by molar-refractivity contribution is 0.561. The van der Waals surface area contributed by atoms with Crippen molar-refractivity contribution in [3.63, 3.8) is 0 Å². The average molecular weight is 255 g/mol. The van der Waals surface area contributed by atoms with Gasteiger partial charge in [-0.3, -0.25) is 0 Å². The predicted octanol–water partition coefficient (Wildman–Crippen LogP) is 0.809. The lowest BCUT2D eigenvalue weighted by Crippen LogP contribution is -2.33. The summed E-state index contributed by atoms with van der Waals surface area (Å²) < 4.78 is 28.0. The fraction of sp³-hybridized carbons (Fsp3) is 0.545. The van der Waals surface area contributed by atoms with Crippen LogP contribution in [0.3, 0.4) is 0 Å². The minimum atomic E-state index is -3.62. The molecule has 1 N–H and O–H groups in total. The molecule has 0 aromatic carbocycles. The van der Waals surface area contributed by atoms with Crippen LogP contribution in [0.4, 0.5) is 0 Å². The van der Waals surface area contributed by atoms with Crippen LogP contribution in [-0.2, 0) is 17.1 Å². The van der Waals surface area contributed by atoms with E-state index in [4.69, 9.17) is 6.42 Å². The summed E-state index contributed by atoms with van der Waals surface area (Å²) in [6, 6.07) is -0.479. The van der Waals surface area contributed by atoms with E-state index < -0.39 is 16.1 Å². The van der Waals surface area contributed by atoms with Gasteiger partial charge in [0.1, 0.15) is 5.82 Å². The van der Waals surface area contributed by atoms with Gasteiger partial charge in [-0.05, 0) is 13.3 Å². The Hall–Kier alpha value is -1.32. The van der Waals surface area contributed by atoms with Crippen molar-refractivity contribution in [1.29, 1.82) is 0 Å². The Balaban J connectivity index is 2.93. The molecule has 17 heavy (non-hydrogen) atoms. The molecule has 0 saturated heterocycles. The molecule has 1 heterocycles. The lowest BCUT2D eigenvalue weighted by atomic mass is 10.2. The zero-order valence-corrected chi connectivity index (χ0v) is 11.1. The molecule has 1 aromatic rings. The number of rotatable bonds is 5. The fourth-order valence-electron chi connectivity index (χ4n) is 1.37. The Kier molecular flexibility index (Phi) is 4.32. The third-order valence-corrected chi connectivity index (χ3v) is 3.78. The van der Waals surface area contributed by atoms with Gasteiger partial charge in [0.05, 0.1) is 6.04 Å². The second-order valence-corrected chi connectivity index (χ2v) is 5.53. The summed E-state index contributed by atoms with van der Waals surface area (Å²) in [5.41, 5.74) is 0. The smallest absolute Gasteiger partial charge is 0.260 e. The Labute approximate surface area is 102 Å². The van der Waals surface area contributed by atoms with Crippen molar-refractivity contribution in [2.45, 2.75) is 37.8 Å². The highest BCUT2D eigenvalue weighted by molar-refractivity contribution is 7.89. The first-order valence-corrected chi connectivity index (χ1v) is 6.87. The van der Waals surface area contributed by atoms with E-state index in [2.05, 4.69) is 15.6 Å². The molecule has 1 unspecified atom stereocenters. The number of imidazole rings is 1. The summed E-state index contributed by atoms with van der Waals surface area (Å²) in [6.45, 7) is 3.69. The summed E-state index contributed by atoms with van der Waals surface area (Å²) in [7, 11) is -1.88. The van der Waals surface area contributed by atoms with Gasteiger partial charge in [0.25, 0.3) is 10.0 Å². The molecule has 0 radical (unpaired) electrons. The zero-order chi connectivity index (χ0) is 13.1. The fourth-order valence-corrected chi connectivity index (χ4v) is 2.60. The molecule has 0 aliphatic heterocycles. The molecule has 0 saturated carbocycles. The van der Waals surface area contributed by atoms with Crippen molar-refractivity contribution in [1.82, 2.24) is 14.3 Å². The number of nitrogens with zero attached hydrogens (tertiary/aromatic N) is 2. The monoisotopic (exact) mass is 255 g/mol. The van der Waals surface area contributed by atoms with Crippen LogP contribution in [0.5, 0.6) is 0 Å². The molecule has 5 nitrogen and oxygen atoms in total. The summed E-state index contributed by atoms with van der Waals surface area (Å²) in [6.07, 6.45) is 8.18. The van der Waals surface area contributed by atoms with Crippen LogP contribution in [0.15, 0.2) is 11.2 Å². The van der Waals surface area contributed by atoms with E-state index in [1.54, 1.807) is 18.5 Å². The summed E-state index contributed by atoms with van der Waals surface area (Å²) in [5.74, 6) is 3.06. The molecular formula is C11H17N3O2S. The molecule has 1 aromatic heterocycles. The van der Waals surface area contributed by atoms with Crippen LogP contribution in [0.1, 0.15) is 25.6 Å². The van der Waals surface area contributed by atoms with E-state index in [1.807, 2.05) is 6.92 Å². The van der Waals surface area contributed by atoms with Gasteiger partial charge in [0, 0.05) is 13.2 Å². The van der Waals surface area contributed by atoms with E-state index >= 15 is 0 Å². The maximum Gasteiger partial charge on any atom is 0.260 e. The molecule has 0 fully saturated rings. The van der Waals surface area contributed by atoms with Crippen LogP contribution >= 0.6 is 0 Å². The molecule has 1 rings (SSSR count). The third-order valence-electron chi connectivity index (χ3n) is 2.44. The largest absolute Gasteiger partial charge is 0.337 e. The topological polar surface area (TPSA) is 64.0 Å². The maximum atomic E-state index is 12.0. The third kappa shape index (κ3) is 3.32. The number of terminal acetylenes is 1. The summed E-state index contributed by atoms with van der Waals surface area (Å²) >= 11 is 0. The molecule has 0 aliphatic rings. The van der Waals surface area contributed by atoms with Gasteiger partial charge in [0.2, 0.25) is 0 Å².